The summed E-state index contributed by atoms with van der Waals surface area (Å²) in [4.78, 5) is 9.96. The van der Waals surface area contributed by atoms with Crippen LogP contribution < -0.4 is 5.32 Å². The molecular formula is C10H11ClF2N2O3. The van der Waals surface area contributed by atoms with E-state index in [4.69, 9.17) is 16.7 Å². The molecule has 0 aliphatic heterocycles. The Hall–Kier alpha value is -1.31. The third kappa shape index (κ3) is 4.17. The molecule has 0 radical (unpaired) electrons. The van der Waals surface area contributed by atoms with E-state index in [-0.39, 0.29) is 18.8 Å². The summed E-state index contributed by atoms with van der Waals surface area (Å²) in [6.45, 7) is -0.263. The summed E-state index contributed by atoms with van der Waals surface area (Å²) in [5, 5.41) is 22.2. The number of nitrogens with one attached hydrogen (secondary N) is 1. The highest BCUT2D eigenvalue weighted by molar-refractivity contribution is 6.31. The van der Waals surface area contributed by atoms with Crippen LogP contribution in [0.25, 0.3) is 0 Å². The van der Waals surface area contributed by atoms with Gasteiger partial charge in [0.1, 0.15) is 6.10 Å². The number of non-ortho nitro benzene ring substituents is 1. The van der Waals surface area contributed by atoms with Gasteiger partial charge in [0, 0.05) is 30.2 Å². The van der Waals surface area contributed by atoms with Crippen molar-refractivity contribution in [3.8, 4) is 0 Å². The van der Waals surface area contributed by atoms with Gasteiger partial charge in [-0.25, -0.2) is 8.78 Å². The van der Waals surface area contributed by atoms with E-state index < -0.39 is 17.5 Å². The van der Waals surface area contributed by atoms with Crippen molar-refractivity contribution in [3.05, 3.63) is 38.9 Å². The number of hydrogen-bond donors (Lipinski definition) is 2. The second-order valence-electron chi connectivity index (χ2n) is 3.57. The van der Waals surface area contributed by atoms with Crippen LogP contribution in [-0.2, 0) is 6.54 Å². The number of alkyl halides is 2. The molecular weight excluding hydrogens is 270 g/mol. The molecule has 0 aliphatic carbocycles. The zero-order valence-electron chi connectivity index (χ0n) is 9.15. The molecule has 1 aromatic rings. The number of nitro groups is 1. The van der Waals surface area contributed by atoms with Gasteiger partial charge in [-0.05, 0) is 11.6 Å². The van der Waals surface area contributed by atoms with Crippen LogP contribution in [0, 0.1) is 10.1 Å². The van der Waals surface area contributed by atoms with Crippen LogP contribution in [-0.4, -0.2) is 29.1 Å². The van der Waals surface area contributed by atoms with Crippen molar-refractivity contribution in [2.24, 2.45) is 0 Å². The Kier molecular flexibility index (Phi) is 5.39. The molecule has 0 amide bonds. The molecule has 1 rings (SSSR count). The first-order valence-corrected chi connectivity index (χ1v) is 5.39. The van der Waals surface area contributed by atoms with Crippen molar-refractivity contribution in [3.63, 3.8) is 0 Å². The number of aliphatic hydroxyl groups excluding tert-OH is 1. The van der Waals surface area contributed by atoms with Crippen molar-refractivity contribution in [1.29, 1.82) is 0 Å². The normalized spacial score (nSPS) is 12.7. The quantitative estimate of drug-likeness (QED) is 0.617. The van der Waals surface area contributed by atoms with Gasteiger partial charge >= 0.3 is 0 Å². The molecule has 18 heavy (non-hydrogen) atoms. The number of aliphatic hydroxyl groups is 1. The zero-order chi connectivity index (χ0) is 13.7. The van der Waals surface area contributed by atoms with Crippen LogP contribution >= 0.6 is 11.6 Å². The highest BCUT2D eigenvalue weighted by Gasteiger charge is 2.16. The monoisotopic (exact) mass is 280 g/mol. The summed E-state index contributed by atoms with van der Waals surface area (Å²) >= 11 is 5.81. The van der Waals surface area contributed by atoms with Gasteiger partial charge in [0.2, 0.25) is 0 Å². The molecule has 0 saturated heterocycles. The van der Waals surface area contributed by atoms with Crippen LogP contribution in [0.3, 0.4) is 0 Å². The molecule has 0 aliphatic rings. The van der Waals surface area contributed by atoms with Gasteiger partial charge in [0.25, 0.3) is 12.1 Å². The largest absolute Gasteiger partial charge is 0.386 e. The van der Waals surface area contributed by atoms with E-state index in [1.54, 1.807) is 0 Å². The molecule has 1 atom stereocenters. The average molecular weight is 281 g/mol. The van der Waals surface area contributed by atoms with E-state index in [2.05, 4.69) is 5.32 Å². The molecule has 100 valence electrons. The molecule has 5 nitrogen and oxygen atoms in total. The molecule has 0 aromatic heterocycles. The highest BCUT2D eigenvalue weighted by atomic mass is 35.5. The lowest BCUT2D eigenvalue weighted by atomic mass is 10.2. The average Bonchev–Trinajstić information content (AvgIpc) is 2.30. The van der Waals surface area contributed by atoms with Gasteiger partial charge in [0.15, 0.2) is 0 Å². The number of halogens is 3. The van der Waals surface area contributed by atoms with Crippen molar-refractivity contribution in [2.75, 3.05) is 6.54 Å². The number of rotatable bonds is 6. The summed E-state index contributed by atoms with van der Waals surface area (Å²) in [6, 6.07) is 3.87. The van der Waals surface area contributed by atoms with Crippen LogP contribution in [0.4, 0.5) is 14.5 Å². The van der Waals surface area contributed by atoms with Crippen LogP contribution in [0.5, 0.6) is 0 Å². The lowest BCUT2D eigenvalue weighted by Gasteiger charge is -2.11. The first-order chi connectivity index (χ1) is 8.41. The smallest absolute Gasteiger partial charge is 0.269 e. The molecule has 1 aromatic carbocycles. The van der Waals surface area contributed by atoms with E-state index in [0.717, 1.165) is 0 Å². The Morgan fingerprint density at radius 3 is 2.72 bits per heavy atom. The standard InChI is InChI=1S/C10H11ClF2N2O3/c11-8-2-1-7(15(17)18)3-6(8)4-14-5-9(16)10(12)13/h1-3,9-10,14,16H,4-5H2. The minimum atomic E-state index is -2.84. The predicted molar refractivity (Wildman–Crippen MR) is 61.8 cm³/mol. The molecule has 0 bridgehead atoms. The Morgan fingerprint density at radius 2 is 2.17 bits per heavy atom. The molecule has 2 N–H and O–H groups in total. The minimum Gasteiger partial charge on any atom is -0.386 e. The second-order valence-corrected chi connectivity index (χ2v) is 3.97. The van der Waals surface area contributed by atoms with E-state index in [1.165, 1.54) is 18.2 Å². The Labute approximate surface area is 107 Å². The van der Waals surface area contributed by atoms with Crippen LogP contribution in [0.1, 0.15) is 5.56 Å². The Balaban J connectivity index is 2.61. The van der Waals surface area contributed by atoms with Crippen molar-refractivity contribution in [2.45, 2.75) is 19.1 Å². The lowest BCUT2D eigenvalue weighted by Crippen LogP contribution is -2.31. The number of hydrogen-bond acceptors (Lipinski definition) is 4. The van der Waals surface area contributed by atoms with Gasteiger partial charge in [-0.15, -0.1) is 0 Å². The maximum absolute atomic E-state index is 12.0. The van der Waals surface area contributed by atoms with Gasteiger partial charge in [-0.1, -0.05) is 11.6 Å². The topological polar surface area (TPSA) is 75.4 Å². The summed E-state index contributed by atoms with van der Waals surface area (Å²) in [7, 11) is 0. The lowest BCUT2D eigenvalue weighted by molar-refractivity contribution is -0.384. The summed E-state index contributed by atoms with van der Waals surface area (Å²) in [5.74, 6) is 0. The van der Waals surface area contributed by atoms with E-state index >= 15 is 0 Å². The zero-order valence-corrected chi connectivity index (χ0v) is 9.90. The number of nitro benzene ring substituents is 1. The minimum absolute atomic E-state index is 0.0598. The highest BCUT2D eigenvalue weighted by Crippen LogP contribution is 2.21. The van der Waals surface area contributed by atoms with E-state index in [9.17, 15) is 18.9 Å². The van der Waals surface area contributed by atoms with Gasteiger partial charge in [0.05, 0.1) is 4.92 Å². The predicted octanol–water partition coefficient (Wildman–Crippen LogP) is 1.96. The second kappa shape index (κ2) is 6.58. The number of nitrogens with zero attached hydrogens (tertiary/aromatic N) is 1. The van der Waals surface area contributed by atoms with E-state index in [0.29, 0.717) is 10.6 Å². The van der Waals surface area contributed by atoms with E-state index in [1.807, 2.05) is 0 Å². The summed E-state index contributed by atoms with van der Waals surface area (Å²) in [6.07, 6.45) is -4.61. The Morgan fingerprint density at radius 1 is 1.50 bits per heavy atom. The first-order valence-electron chi connectivity index (χ1n) is 5.01. The van der Waals surface area contributed by atoms with Crippen LogP contribution in [0.15, 0.2) is 18.2 Å². The fraction of sp³-hybridized carbons (Fsp3) is 0.400. The summed E-state index contributed by atoms with van der Waals surface area (Å²) in [5.41, 5.74) is 0.276. The molecule has 0 heterocycles. The van der Waals surface area contributed by atoms with Gasteiger partial charge in [-0.2, -0.15) is 0 Å². The molecule has 1 unspecified atom stereocenters. The van der Waals surface area contributed by atoms with Crippen molar-refractivity contribution < 1.29 is 18.8 Å². The SMILES string of the molecule is O=[N+]([O-])c1ccc(Cl)c(CNCC(O)C(F)F)c1. The van der Waals surface area contributed by atoms with Crippen LogP contribution in [0.2, 0.25) is 5.02 Å². The maximum Gasteiger partial charge on any atom is 0.269 e. The van der Waals surface area contributed by atoms with Crippen molar-refractivity contribution in [1.82, 2.24) is 5.32 Å². The third-order valence-electron chi connectivity index (χ3n) is 2.20. The van der Waals surface area contributed by atoms with Gasteiger partial charge < -0.3 is 10.4 Å². The van der Waals surface area contributed by atoms with Gasteiger partial charge in [-0.3, -0.25) is 10.1 Å². The fourth-order valence-corrected chi connectivity index (χ4v) is 1.44. The fourth-order valence-electron chi connectivity index (χ4n) is 1.25. The maximum atomic E-state index is 12.0. The third-order valence-corrected chi connectivity index (χ3v) is 2.57. The van der Waals surface area contributed by atoms with Crippen molar-refractivity contribution >= 4 is 17.3 Å². The summed E-state index contributed by atoms with van der Waals surface area (Å²) < 4.78 is 24.0. The first kappa shape index (κ1) is 14.7. The Bertz CT molecular complexity index is 432. The molecule has 0 fully saturated rings. The number of benzene rings is 1. The molecule has 0 spiro atoms. The molecule has 0 saturated carbocycles. The molecule has 8 heteroatoms.